The second-order valence-electron chi connectivity index (χ2n) is 6.24. The first-order valence-electron chi connectivity index (χ1n) is 7.90. The molecule has 2 aliphatic heterocycles. The van der Waals surface area contributed by atoms with E-state index < -0.39 is 0 Å². The predicted octanol–water partition coefficient (Wildman–Crippen LogP) is 3.19. The summed E-state index contributed by atoms with van der Waals surface area (Å²) in [7, 11) is 2.15. The number of nitrogens with zero attached hydrogens (tertiary/aromatic N) is 1. The number of anilines is 1. The van der Waals surface area contributed by atoms with Crippen LogP contribution in [0.2, 0.25) is 0 Å². The largest absolute Gasteiger partial charge is 0.374 e. The van der Waals surface area contributed by atoms with Gasteiger partial charge in [-0.05, 0) is 42.6 Å². The second kappa shape index (κ2) is 5.51. The molecule has 22 heavy (non-hydrogen) atoms. The Morgan fingerprint density at radius 3 is 2.95 bits per heavy atom. The maximum Gasteiger partial charge on any atom is 0.257 e. The van der Waals surface area contributed by atoms with Gasteiger partial charge in [0, 0.05) is 36.6 Å². The highest BCUT2D eigenvalue weighted by Gasteiger charge is 2.28. The van der Waals surface area contributed by atoms with Gasteiger partial charge in [0.05, 0.1) is 4.91 Å². The van der Waals surface area contributed by atoms with Crippen LogP contribution in [0.25, 0.3) is 5.57 Å². The Bertz CT molecular complexity index is 688. The molecular formula is C18H20N2OS. The fraction of sp³-hybridized carbons (Fsp3) is 0.389. The third kappa shape index (κ3) is 2.56. The zero-order valence-corrected chi connectivity index (χ0v) is 13.6. The minimum atomic E-state index is 0.116. The highest BCUT2D eigenvalue weighted by atomic mass is 32.2. The lowest BCUT2D eigenvalue weighted by Crippen LogP contribution is -2.26. The summed E-state index contributed by atoms with van der Waals surface area (Å²) in [5.41, 5.74) is 5.35. The maximum atomic E-state index is 12.3. The van der Waals surface area contributed by atoms with E-state index >= 15 is 0 Å². The highest BCUT2D eigenvalue weighted by molar-refractivity contribution is 8.04. The van der Waals surface area contributed by atoms with E-state index in [1.807, 2.05) is 0 Å². The predicted molar refractivity (Wildman–Crippen MR) is 93.0 cm³/mol. The molecule has 0 aromatic heterocycles. The number of rotatable bonds is 2. The van der Waals surface area contributed by atoms with E-state index in [4.69, 9.17) is 0 Å². The minimum absolute atomic E-state index is 0.116. The molecule has 1 aromatic rings. The lowest BCUT2D eigenvalue weighted by atomic mass is 9.98. The molecule has 0 saturated heterocycles. The number of nitrogens with one attached hydrogen (secondary N) is 1. The molecule has 3 aliphatic rings. The second-order valence-corrected chi connectivity index (χ2v) is 7.25. The van der Waals surface area contributed by atoms with E-state index in [0.717, 1.165) is 36.5 Å². The number of amides is 1. The molecule has 1 fully saturated rings. The van der Waals surface area contributed by atoms with Gasteiger partial charge in [0.15, 0.2) is 0 Å². The van der Waals surface area contributed by atoms with Gasteiger partial charge in [-0.3, -0.25) is 4.79 Å². The lowest BCUT2D eigenvalue weighted by Gasteiger charge is -2.20. The number of hydrogen-bond donors (Lipinski definition) is 1. The van der Waals surface area contributed by atoms with E-state index in [-0.39, 0.29) is 5.91 Å². The van der Waals surface area contributed by atoms with Crippen molar-refractivity contribution < 1.29 is 4.79 Å². The number of allylic oxidation sites excluding steroid dienone is 1. The van der Waals surface area contributed by atoms with Gasteiger partial charge < -0.3 is 10.2 Å². The summed E-state index contributed by atoms with van der Waals surface area (Å²) in [6.07, 6.45) is 5.39. The zero-order chi connectivity index (χ0) is 15.1. The quantitative estimate of drug-likeness (QED) is 0.910. The fourth-order valence-corrected chi connectivity index (χ4v) is 4.15. The van der Waals surface area contributed by atoms with Crippen molar-refractivity contribution in [1.82, 2.24) is 5.32 Å². The molecular weight excluding hydrogens is 292 g/mol. The Kier molecular flexibility index (Phi) is 3.49. The van der Waals surface area contributed by atoms with Crippen LogP contribution in [0.3, 0.4) is 0 Å². The third-order valence-corrected chi connectivity index (χ3v) is 5.61. The molecule has 4 heteroatoms. The smallest absolute Gasteiger partial charge is 0.257 e. The Labute approximate surface area is 135 Å². The molecule has 4 rings (SSSR count). The van der Waals surface area contributed by atoms with E-state index in [9.17, 15) is 4.79 Å². The normalized spacial score (nSPS) is 20.8. The first-order chi connectivity index (χ1) is 10.7. The monoisotopic (exact) mass is 312 g/mol. The van der Waals surface area contributed by atoms with Crippen molar-refractivity contribution in [3.8, 4) is 0 Å². The summed E-state index contributed by atoms with van der Waals surface area (Å²) in [5.74, 6) is 1.01. The molecule has 2 heterocycles. The number of carbonyl (C=O) groups is 1. The summed E-state index contributed by atoms with van der Waals surface area (Å²) in [5, 5.41) is 3.10. The van der Waals surface area contributed by atoms with Crippen LogP contribution in [-0.4, -0.2) is 31.3 Å². The minimum Gasteiger partial charge on any atom is -0.374 e. The Morgan fingerprint density at radius 2 is 2.14 bits per heavy atom. The molecule has 1 aromatic carbocycles. The number of thioether (sulfide) groups is 1. The molecule has 0 unspecified atom stereocenters. The summed E-state index contributed by atoms with van der Waals surface area (Å²) >= 11 is 1.67. The topological polar surface area (TPSA) is 32.3 Å². The summed E-state index contributed by atoms with van der Waals surface area (Å²) in [4.78, 5) is 15.5. The van der Waals surface area contributed by atoms with E-state index in [2.05, 4.69) is 47.6 Å². The molecule has 0 bridgehead atoms. The van der Waals surface area contributed by atoms with Gasteiger partial charge in [0.2, 0.25) is 0 Å². The Balaban J connectivity index is 1.69. The first-order valence-corrected chi connectivity index (χ1v) is 8.89. The first kappa shape index (κ1) is 13.9. The SMILES string of the molecule is CN1CCC2=C(CSC(C(=O)NC3CC3)=C2)c2ccccc21. The summed E-state index contributed by atoms with van der Waals surface area (Å²) in [6.45, 7) is 0.995. The molecule has 1 aliphatic carbocycles. The van der Waals surface area contributed by atoms with Crippen LogP contribution in [0.4, 0.5) is 5.69 Å². The number of hydrogen-bond acceptors (Lipinski definition) is 3. The van der Waals surface area contributed by atoms with Gasteiger partial charge in [-0.2, -0.15) is 0 Å². The van der Waals surface area contributed by atoms with Gasteiger partial charge in [0.1, 0.15) is 0 Å². The van der Waals surface area contributed by atoms with Crippen LogP contribution < -0.4 is 10.2 Å². The number of fused-ring (bicyclic) bond motifs is 2. The lowest BCUT2D eigenvalue weighted by molar-refractivity contribution is -0.116. The van der Waals surface area contributed by atoms with Gasteiger partial charge in [0.25, 0.3) is 5.91 Å². The molecule has 1 amide bonds. The average Bonchev–Trinajstić information content (AvgIpc) is 3.36. The zero-order valence-electron chi connectivity index (χ0n) is 12.8. The van der Waals surface area contributed by atoms with Crippen molar-refractivity contribution >= 4 is 28.9 Å². The van der Waals surface area contributed by atoms with Crippen molar-refractivity contribution in [1.29, 1.82) is 0 Å². The van der Waals surface area contributed by atoms with Crippen molar-refractivity contribution in [2.75, 3.05) is 24.2 Å². The van der Waals surface area contributed by atoms with Crippen molar-refractivity contribution in [3.05, 3.63) is 46.4 Å². The molecule has 3 nitrogen and oxygen atoms in total. The van der Waals surface area contributed by atoms with Gasteiger partial charge in [-0.15, -0.1) is 11.8 Å². The van der Waals surface area contributed by atoms with Crippen LogP contribution in [-0.2, 0) is 4.79 Å². The van der Waals surface area contributed by atoms with E-state index in [1.165, 1.54) is 22.4 Å². The van der Waals surface area contributed by atoms with Gasteiger partial charge in [-0.25, -0.2) is 0 Å². The highest BCUT2D eigenvalue weighted by Crippen LogP contribution is 2.40. The summed E-state index contributed by atoms with van der Waals surface area (Å²) in [6, 6.07) is 9.02. The van der Waals surface area contributed by atoms with Crippen LogP contribution in [0, 0.1) is 0 Å². The molecule has 0 spiro atoms. The number of benzene rings is 1. The average molecular weight is 312 g/mol. The summed E-state index contributed by atoms with van der Waals surface area (Å²) < 4.78 is 0. The number of para-hydroxylation sites is 1. The van der Waals surface area contributed by atoms with Crippen LogP contribution in [0.5, 0.6) is 0 Å². The van der Waals surface area contributed by atoms with E-state index in [1.54, 1.807) is 11.8 Å². The standard InChI is InChI=1S/C18H20N2OS/c1-20-9-8-12-10-17(18(21)19-13-6-7-13)22-11-15(12)14-4-2-3-5-16(14)20/h2-5,10,13H,6-9,11H2,1H3,(H,19,21). The Hall–Kier alpha value is -1.68. The van der Waals surface area contributed by atoms with Crippen molar-refractivity contribution in [2.24, 2.45) is 0 Å². The van der Waals surface area contributed by atoms with Crippen LogP contribution >= 0.6 is 11.8 Å². The van der Waals surface area contributed by atoms with Crippen molar-refractivity contribution in [3.63, 3.8) is 0 Å². The molecule has 1 saturated carbocycles. The molecule has 114 valence electrons. The fourth-order valence-electron chi connectivity index (χ4n) is 3.09. The van der Waals surface area contributed by atoms with Gasteiger partial charge >= 0.3 is 0 Å². The van der Waals surface area contributed by atoms with E-state index in [0.29, 0.717) is 6.04 Å². The number of carbonyl (C=O) groups excluding carboxylic acids is 1. The van der Waals surface area contributed by atoms with Gasteiger partial charge in [-0.1, -0.05) is 18.2 Å². The molecule has 0 atom stereocenters. The maximum absolute atomic E-state index is 12.3. The Morgan fingerprint density at radius 1 is 1.32 bits per heavy atom. The molecule has 0 radical (unpaired) electrons. The molecule has 1 N–H and O–H groups in total. The van der Waals surface area contributed by atoms with Crippen molar-refractivity contribution in [2.45, 2.75) is 25.3 Å². The van der Waals surface area contributed by atoms with Crippen LogP contribution in [0.1, 0.15) is 24.8 Å². The third-order valence-electron chi connectivity index (χ3n) is 4.56. The van der Waals surface area contributed by atoms with Crippen LogP contribution in [0.15, 0.2) is 40.8 Å².